The number of nitrogens with zero attached hydrogens (tertiary/aromatic N) is 3. The number of aromatic nitrogens is 2. The highest BCUT2D eigenvalue weighted by atomic mass is 15.1. The zero-order chi connectivity index (χ0) is 35.1. The highest BCUT2D eigenvalue weighted by Crippen LogP contribution is 2.40. The molecule has 3 heteroatoms. The molecule has 3 nitrogen and oxygen atoms in total. The zero-order valence-electron chi connectivity index (χ0n) is 29.0. The molecule has 0 aliphatic rings. The van der Waals surface area contributed by atoms with Gasteiger partial charge in [-0.25, -0.2) is 0 Å². The largest absolute Gasteiger partial charge is 0.316 e. The molecule has 10 rings (SSSR count). The van der Waals surface area contributed by atoms with Crippen LogP contribution in [0.15, 0.2) is 212 Å². The van der Waals surface area contributed by atoms with E-state index in [1.165, 1.54) is 55.0 Å². The predicted molar refractivity (Wildman–Crippen MR) is 223 cm³/mol. The van der Waals surface area contributed by atoms with Crippen LogP contribution in [-0.2, 0) is 0 Å². The first-order valence-corrected chi connectivity index (χ1v) is 18.1. The van der Waals surface area contributed by atoms with Gasteiger partial charge in [-0.05, 0) is 107 Å². The van der Waals surface area contributed by atoms with Crippen LogP contribution in [0.25, 0.3) is 66.3 Å². The summed E-state index contributed by atoms with van der Waals surface area (Å²) >= 11 is 0. The Kier molecular flexibility index (Phi) is 7.47. The molecule has 0 bridgehead atoms. The Morgan fingerprint density at radius 1 is 0.321 bits per heavy atom. The van der Waals surface area contributed by atoms with Crippen LogP contribution < -0.4 is 4.90 Å². The third kappa shape index (κ3) is 5.38. The third-order valence-corrected chi connectivity index (χ3v) is 10.3. The smallest absolute Gasteiger partial charge is 0.0635 e. The summed E-state index contributed by atoms with van der Waals surface area (Å²) in [6.07, 6.45) is 2.23. The molecular weight excluding hydrogens is 643 g/mol. The number of rotatable bonds is 7. The van der Waals surface area contributed by atoms with Crippen LogP contribution >= 0.6 is 0 Å². The fraction of sp³-hybridized carbons (Fsp3) is 0. The van der Waals surface area contributed by atoms with Crippen molar-refractivity contribution in [2.45, 2.75) is 0 Å². The highest BCUT2D eigenvalue weighted by molar-refractivity contribution is 6.18. The topological polar surface area (TPSA) is 13.1 Å². The molecule has 0 amide bonds. The van der Waals surface area contributed by atoms with Gasteiger partial charge in [-0.1, -0.05) is 121 Å². The van der Waals surface area contributed by atoms with E-state index in [2.05, 4.69) is 226 Å². The van der Waals surface area contributed by atoms with E-state index in [0.29, 0.717) is 0 Å². The SMILES string of the molecule is c1ccc(-c2cc(-c3ccccc3)cc(-n3ccc4c3ccc3c5ccccc5n(-c5ccc(N(c6ccccc6)c6ccccc6)cc5)c34)c2)cc1. The number of anilines is 3. The van der Waals surface area contributed by atoms with Crippen molar-refractivity contribution in [1.82, 2.24) is 9.13 Å². The fourth-order valence-electron chi connectivity index (χ4n) is 7.87. The Hall–Kier alpha value is -7.10. The summed E-state index contributed by atoms with van der Waals surface area (Å²) in [5, 5.41) is 3.70. The second kappa shape index (κ2) is 12.9. The van der Waals surface area contributed by atoms with Gasteiger partial charge in [0.05, 0.1) is 16.6 Å². The van der Waals surface area contributed by atoms with Crippen molar-refractivity contribution in [2.75, 3.05) is 4.90 Å². The lowest BCUT2D eigenvalue weighted by molar-refractivity contribution is 1.13. The van der Waals surface area contributed by atoms with Crippen molar-refractivity contribution in [3.63, 3.8) is 0 Å². The molecule has 2 aromatic heterocycles. The second-order valence-electron chi connectivity index (χ2n) is 13.5. The Morgan fingerprint density at radius 2 is 0.849 bits per heavy atom. The van der Waals surface area contributed by atoms with Gasteiger partial charge in [0.1, 0.15) is 0 Å². The first kappa shape index (κ1) is 30.7. The summed E-state index contributed by atoms with van der Waals surface area (Å²) in [5.41, 5.74) is 14.0. The van der Waals surface area contributed by atoms with Gasteiger partial charge in [-0.15, -0.1) is 0 Å². The maximum atomic E-state index is 2.44. The molecule has 0 saturated carbocycles. The van der Waals surface area contributed by atoms with Crippen molar-refractivity contribution in [3.05, 3.63) is 212 Å². The maximum Gasteiger partial charge on any atom is 0.0635 e. The Bertz CT molecular complexity index is 2760. The summed E-state index contributed by atoms with van der Waals surface area (Å²) in [7, 11) is 0. The van der Waals surface area contributed by atoms with E-state index in [-0.39, 0.29) is 0 Å². The molecule has 0 atom stereocenters. The van der Waals surface area contributed by atoms with Crippen molar-refractivity contribution >= 4 is 49.8 Å². The Labute approximate surface area is 308 Å². The third-order valence-electron chi connectivity index (χ3n) is 10.3. The first-order chi connectivity index (χ1) is 26.3. The van der Waals surface area contributed by atoms with Crippen LogP contribution in [0.4, 0.5) is 17.1 Å². The van der Waals surface area contributed by atoms with E-state index in [4.69, 9.17) is 0 Å². The predicted octanol–water partition coefficient (Wildman–Crippen LogP) is 13.5. The molecule has 0 fully saturated rings. The monoisotopic (exact) mass is 677 g/mol. The van der Waals surface area contributed by atoms with E-state index in [1.807, 2.05) is 0 Å². The molecule has 0 aliphatic carbocycles. The average Bonchev–Trinajstić information content (AvgIpc) is 3.82. The van der Waals surface area contributed by atoms with Gasteiger partial charge in [0.25, 0.3) is 0 Å². The summed E-state index contributed by atoms with van der Waals surface area (Å²) in [6, 6.07) is 74.0. The molecule has 2 heterocycles. The number of hydrogen-bond acceptors (Lipinski definition) is 1. The van der Waals surface area contributed by atoms with Gasteiger partial charge in [-0.3, -0.25) is 0 Å². The number of hydrogen-bond donors (Lipinski definition) is 0. The van der Waals surface area contributed by atoms with Crippen LogP contribution in [0.1, 0.15) is 0 Å². The van der Waals surface area contributed by atoms with Crippen molar-refractivity contribution < 1.29 is 0 Å². The zero-order valence-corrected chi connectivity index (χ0v) is 29.0. The normalized spacial score (nSPS) is 11.4. The van der Waals surface area contributed by atoms with Gasteiger partial charge < -0.3 is 14.0 Å². The number of para-hydroxylation sites is 3. The van der Waals surface area contributed by atoms with Crippen LogP contribution in [0.3, 0.4) is 0 Å². The lowest BCUT2D eigenvalue weighted by atomic mass is 9.98. The molecule has 53 heavy (non-hydrogen) atoms. The van der Waals surface area contributed by atoms with Crippen molar-refractivity contribution in [2.24, 2.45) is 0 Å². The van der Waals surface area contributed by atoms with Crippen LogP contribution in [0.2, 0.25) is 0 Å². The number of fused-ring (bicyclic) bond motifs is 5. The second-order valence-corrected chi connectivity index (χ2v) is 13.5. The van der Waals surface area contributed by atoms with E-state index < -0.39 is 0 Å². The summed E-state index contributed by atoms with van der Waals surface area (Å²) in [4.78, 5) is 2.31. The van der Waals surface area contributed by atoms with E-state index in [0.717, 1.165) is 28.4 Å². The van der Waals surface area contributed by atoms with Crippen LogP contribution in [0.5, 0.6) is 0 Å². The van der Waals surface area contributed by atoms with E-state index >= 15 is 0 Å². The minimum Gasteiger partial charge on any atom is -0.316 e. The molecule has 0 N–H and O–H groups in total. The van der Waals surface area contributed by atoms with Gasteiger partial charge in [-0.2, -0.15) is 0 Å². The summed E-state index contributed by atoms with van der Waals surface area (Å²) in [6.45, 7) is 0. The first-order valence-electron chi connectivity index (χ1n) is 18.1. The molecule has 8 aromatic carbocycles. The molecule has 0 aliphatic heterocycles. The van der Waals surface area contributed by atoms with Gasteiger partial charge >= 0.3 is 0 Å². The van der Waals surface area contributed by atoms with Crippen molar-refractivity contribution in [3.8, 4) is 33.6 Å². The Morgan fingerprint density at radius 3 is 1.45 bits per heavy atom. The minimum absolute atomic E-state index is 1.11. The van der Waals surface area contributed by atoms with Crippen LogP contribution in [0, 0.1) is 0 Å². The van der Waals surface area contributed by atoms with Gasteiger partial charge in [0, 0.05) is 50.8 Å². The fourth-order valence-corrected chi connectivity index (χ4v) is 7.87. The molecule has 10 aromatic rings. The van der Waals surface area contributed by atoms with E-state index in [9.17, 15) is 0 Å². The van der Waals surface area contributed by atoms with E-state index in [1.54, 1.807) is 0 Å². The average molecular weight is 678 g/mol. The van der Waals surface area contributed by atoms with Crippen molar-refractivity contribution in [1.29, 1.82) is 0 Å². The maximum absolute atomic E-state index is 2.44. The molecular formula is C50H35N3. The van der Waals surface area contributed by atoms with Gasteiger partial charge in [0.15, 0.2) is 0 Å². The molecule has 0 unspecified atom stereocenters. The molecule has 0 spiro atoms. The molecule has 0 saturated heterocycles. The number of benzene rings is 8. The quantitative estimate of drug-likeness (QED) is 0.164. The highest BCUT2D eigenvalue weighted by Gasteiger charge is 2.19. The Balaban J connectivity index is 1.15. The van der Waals surface area contributed by atoms with Gasteiger partial charge in [0.2, 0.25) is 0 Å². The van der Waals surface area contributed by atoms with Crippen LogP contribution in [-0.4, -0.2) is 9.13 Å². The summed E-state index contributed by atoms with van der Waals surface area (Å²) < 4.78 is 4.78. The lowest BCUT2D eigenvalue weighted by Crippen LogP contribution is -2.09. The molecule has 250 valence electrons. The lowest BCUT2D eigenvalue weighted by Gasteiger charge is -2.25. The summed E-state index contributed by atoms with van der Waals surface area (Å²) in [5.74, 6) is 0. The minimum atomic E-state index is 1.11. The molecule has 0 radical (unpaired) electrons. The standard InChI is InChI=1S/C50H35N3/c1-5-15-36(16-6-1)38-33-39(37-17-7-2-8-18-37)35-44(34-38)51-32-31-47-48(51)30-29-46-45-23-13-14-24-49(45)53(50(46)47)43-27-25-42(26-28-43)52(40-19-9-3-10-20-40)41-21-11-4-12-22-41/h1-35H.